The number of aliphatic carboxylic acids is 1. The Kier molecular flexibility index (Phi) is 3.19. The number of nitrogens with zero attached hydrogens (tertiary/aromatic N) is 1. The summed E-state index contributed by atoms with van der Waals surface area (Å²) in [6.07, 6.45) is 1.47. The molecule has 0 spiro atoms. The summed E-state index contributed by atoms with van der Waals surface area (Å²) in [7, 11) is 0. The molecule has 98 valence electrons. The maximum atomic E-state index is 11.8. The van der Waals surface area contributed by atoms with Crippen LogP contribution in [0.4, 0.5) is 11.4 Å². The molecule has 7 nitrogen and oxygen atoms in total. The van der Waals surface area contributed by atoms with Gasteiger partial charge in [0.1, 0.15) is 5.75 Å². The Morgan fingerprint density at radius 1 is 1.37 bits per heavy atom. The van der Waals surface area contributed by atoms with Crippen molar-refractivity contribution in [1.82, 2.24) is 0 Å². The number of rotatable bonds is 2. The van der Waals surface area contributed by atoms with Crippen molar-refractivity contribution in [2.24, 2.45) is 0 Å². The molecule has 0 bridgehead atoms. The van der Waals surface area contributed by atoms with Gasteiger partial charge in [0, 0.05) is 17.8 Å². The highest BCUT2D eigenvalue weighted by atomic mass is 16.5. The van der Waals surface area contributed by atoms with Crippen molar-refractivity contribution in [2.45, 2.75) is 0 Å². The molecule has 0 radical (unpaired) electrons. The third-order valence-corrected chi connectivity index (χ3v) is 2.41. The minimum Gasteiger partial charge on any atom is -0.482 e. The predicted molar refractivity (Wildman–Crippen MR) is 65.6 cm³/mol. The number of carboxylic acids is 1. The molecule has 1 aliphatic heterocycles. The number of benzene rings is 1. The molecule has 1 heterocycles. The van der Waals surface area contributed by atoms with Gasteiger partial charge in [0.25, 0.3) is 11.8 Å². The molecular weight excluding hydrogens is 252 g/mol. The van der Waals surface area contributed by atoms with Gasteiger partial charge in [-0.3, -0.25) is 9.59 Å². The lowest BCUT2D eigenvalue weighted by atomic mass is 10.2. The second kappa shape index (κ2) is 4.81. The number of imide groups is 1. The number of anilines is 2. The molecule has 1 aromatic carbocycles. The first-order valence-electron chi connectivity index (χ1n) is 5.29. The van der Waals surface area contributed by atoms with Crippen LogP contribution in [-0.2, 0) is 14.4 Å². The molecule has 0 saturated carbocycles. The molecule has 19 heavy (non-hydrogen) atoms. The fraction of sp³-hybridized carbons (Fsp3) is 0.0833. The summed E-state index contributed by atoms with van der Waals surface area (Å²) in [6, 6.07) is 4.53. The first kappa shape index (κ1) is 12.6. The molecule has 0 atom stereocenters. The van der Waals surface area contributed by atoms with Gasteiger partial charge < -0.3 is 15.6 Å². The zero-order chi connectivity index (χ0) is 14.0. The number of carboxylic acid groups (broad SMARTS) is 1. The summed E-state index contributed by atoms with van der Waals surface area (Å²) in [6.45, 7) is -0.288. The highest BCUT2D eigenvalue weighted by molar-refractivity contribution is 6.21. The molecule has 0 aliphatic carbocycles. The summed E-state index contributed by atoms with van der Waals surface area (Å²) < 4.78 is 5.16. The summed E-state index contributed by atoms with van der Waals surface area (Å²) in [5.41, 5.74) is 6.16. The van der Waals surface area contributed by atoms with E-state index in [1.54, 1.807) is 6.07 Å². The lowest BCUT2D eigenvalue weighted by molar-refractivity contribution is -0.132. The number of carbonyl (C=O) groups excluding carboxylic acids is 2. The van der Waals surface area contributed by atoms with Gasteiger partial charge in [0.2, 0.25) is 0 Å². The molecule has 0 unspecified atom stereocenters. The predicted octanol–water partition coefficient (Wildman–Crippen LogP) is 0.162. The number of hydrogen-bond donors (Lipinski definition) is 2. The summed E-state index contributed by atoms with van der Waals surface area (Å²) in [5, 5.41) is 8.48. The molecule has 0 saturated heterocycles. The number of ether oxygens (including phenoxy) is 1. The average Bonchev–Trinajstić information content (AvgIpc) is 2.35. The number of nitrogens with two attached hydrogens (primary N) is 1. The van der Waals surface area contributed by atoms with Crippen molar-refractivity contribution in [1.29, 1.82) is 0 Å². The van der Waals surface area contributed by atoms with Gasteiger partial charge in [-0.1, -0.05) is 0 Å². The summed E-state index contributed by atoms with van der Waals surface area (Å²) in [5.74, 6) is -2.28. The van der Waals surface area contributed by atoms with Gasteiger partial charge >= 0.3 is 5.97 Å². The monoisotopic (exact) mass is 262 g/mol. The van der Waals surface area contributed by atoms with Crippen LogP contribution in [0.5, 0.6) is 5.75 Å². The normalized spacial score (nSPS) is 14.1. The Morgan fingerprint density at radius 3 is 2.79 bits per heavy atom. The molecule has 1 aliphatic rings. The number of fused-ring (bicyclic) bond motifs is 1. The average molecular weight is 262 g/mol. The first-order valence-corrected chi connectivity index (χ1v) is 5.29. The lowest BCUT2D eigenvalue weighted by Crippen LogP contribution is -2.42. The second-order valence-corrected chi connectivity index (χ2v) is 3.75. The third-order valence-electron chi connectivity index (χ3n) is 2.41. The molecular formula is C12H10N2O5. The zero-order valence-electron chi connectivity index (χ0n) is 9.70. The van der Waals surface area contributed by atoms with Crippen LogP contribution in [0.25, 0.3) is 0 Å². The highest BCUT2D eigenvalue weighted by Crippen LogP contribution is 2.33. The van der Waals surface area contributed by atoms with E-state index in [1.807, 2.05) is 0 Å². The van der Waals surface area contributed by atoms with Crippen molar-refractivity contribution in [3.63, 3.8) is 0 Å². The second-order valence-electron chi connectivity index (χ2n) is 3.75. The van der Waals surface area contributed by atoms with Crippen LogP contribution < -0.4 is 15.4 Å². The Morgan fingerprint density at radius 2 is 2.11 bits per heavy atom. The largest absolute Gasteiger partial charge is 0.482 e. The van der Waals surface area contributed by atoms with E-state index >= 15 is 0 Å². The molecule has 3 N–H and O–H groups in total. The number of carbonyl (C=O) groups is 3. The SMILES string of the molecule is Nc1ccc2c(c1)N(C(=O)/C=C/C(=O)O)C(=O)CO2. The van der Waals surface area contributed by atoms with Crippen LogP contribution >= 0.6 is 0 Å². The molecule has 2 amide bonds. The maximum absolute atomic E-state index is 11.8. The minimum atomic E-state index is -1.28. The first-order chi connectivity index (χ1) is 8.99. The number of hydrogen-bond acceptors (Lipinski definition) is 5. The van der Waals surface area contributed by atoms with Gasteiger partial charge in [0.15, 0.2) is 6.61 Å². The highest BCUT2D eigenvalue weighted by Gasteiger charge is 2.29. The van der Waals surface area contributed by atoms with Crippen LogP contribution in [0.1, 0.15) is 0 Å². The summed E-state index contributed by atoms with van der Waals surface area (Å²) in [4.78, 5) is 34.8. The topological polar surface area (TPSA) is 110 Å². The lowest BCUT2D eigenvalue weighted by Gasteiger charge is -2.27. The van der Waals surface area contributed by atoms with E-state index < -0.39 is 17.8 Å². The fourth-order valence-electron chi connectivity index (χ4n) is 1.63. The molecule has 0 fully saturated rings. The molecule has 0 aromatic heterocycles. The number of amides is 2. The standard InChI is InChI=1S/C12H10N2O5/c13-7-1-2-9-8(5-7)14(11(16)6-19-9)10(15)3-4-12(17)18/h1-5H,6,13H2,(H,17,18)/b4-3+. The van der Waals surface area contributed by atoms with Crippen LogP contribution in [0.3, 0.4) is 0 Å². The van der Waals surface area contributed by atoms with E-state index in [2.05, 4.69) is 0 Å². The van der Waals surface area contributed by atoms with Crippen molar-refractivity contribution >= 4 is 29.2 Å². The maximum Gasteiger partial charge on any atom is 0.328 e. The smallest absolute Gasteiger partial charge is 0.328 e. The van der Waals surface area contributed by atoms with Crippen LogP contribution in [0.15, 0.2) is 30.4 Å². The van der Waals surface area contributed by atoms with E-state index in [0.717, 1.165) is 11.0 Å². The van der Waals surface area contributed by atoms with E-state index in [9.17, 15) is 14.4 Å². The van der Waals surface area contributed by atoms with Crippen LogP contribution in [-0.4, -0.2) is 29.5 Å². The van der Waals surface area contributed by atoms with Crippen molar-refractivity contribution in [3.8, 4) is 5.75 Å². The van der Waals surface area contributed by atoms with Gasteiger partial charge in [0.05, 0.1) is 5.69 Å². The van der Waals surface area contributed by atoms with E-state index in [1.165, 1.54) is 12.1 Å². The van der Waals surface area contributed by atoms with Gasteiger partial charge in [-0.15, -0.1) is 0 Å². The zero-order valence-corrected chi connectivity index (χ0v) is 9.70. The quantitative estimate of drug-likeness (QED) is 0.580. The van der Waals surface area contributed by atoms with E-state index in [4.69, 9.17) is 15.6 Å². The van der Waals surface area contributed by atoms with Crippen molar-refractivity contribution < 1.29 is 24.2 Å². The fourth-order valence-corrected chi connectivity index (χ4v) is 1.63. The van der Waals surface area contributed by atoms with Gasteiger partial charge in [-0.05, 0) is 18.2 Å². The molecule has 7 heteroatoms. The van der Waals surface area contributed by atoms with Crippen molar-refractivity contribution in [2.75, 3.05) is 17.2 Å². The van der Waals surface area contributed by atoms with Gasteiger partial charge in [-0.25, -0.2) is 9.69 Å². The van der Waals surface area contributed by atoms with Crippen LogP contribution in [0.2, 0.25) is 0 Å². The Hall–Kier alpha value is -2.83. The molecule has 1 aromatic rings. The molecule has 2 rings (SSSR count). The number of nitrogen functional groups attached to an aromatic ring is 1. The minimum absolute atomic E-state index is 0.205. The van der Waals surface area contributed by atoms with Crippen molar-refractivity contribution in [3.05, 3.63) is 30.4 Å². The Balaban J connectivity index is 2.40. The Bertz CT molecular complexity index is 594. The van der Waals surface area contributed by atoms with Gasteiger partial charge in [-0.2, -0.15) is 0 Å². The Labute approximate surface area is 107 Å². The third kappa shape index (κ3) is 2.54. The summed E-state index contributed by atoms with van der Waals surface area (Å²) >= 11 is 0. The van der Waals surface area contributed by atoms with E-state index in [-0.39, 0.29) is 12.3 Å². The van der Waals surface area contributed by atoms with Crippen LogP contribution in [0, 0.1) is 0 Å². The van der Waals surface area contributed by atoms with E-state index in [0.29, 0.717) is 17.5 Å².